The molecule has 7 heteroatoms. The summed E-state index contributed by atoms with van der Waals surface area (Å²) in [5.74, 6) is -0.582. The molecule has 0 unspecified atom stereocenters. The Kier molecular flexibility index (Phi) is 3.20. The molecule has 2 rings (SSSR count). The molecular weight excluding hydrogens is 258 g/mol. The van der Waals surface area contributed by atoms with Gasteiger partial charge >= 0.3 is 5.97 Å². The maximum Gasteiger partial charge on any atom is 0.358 e. The summed E-state index contributed by atoms with van der Waals surface area (Å²) in [6.07, 6.45) is 0. The lowest BCUT2D eigenvalue weighted by Gasteiger charge is -2.04. The zero-order valence-electron chi connectivity index (χ0n) is 9.72. The fourth-order valence-corrected chi connectivity index (χ4v) is 1.72. The highest BCUT2D eigenvalue weighted by atomic mass is 35.5. The van der Waals surface area contributed by atoms with E-state index in [4.69, 9.17) is 21.4 Å². The standard InChI is InChI=1S/C11H10ClN3O3/c1-6-10(11(16)17)14-15(13-6)7-3-4-9(18-2)8(12)5-7/h3-5H,1-2H3,(H,16,17). The van der Waals surface area contributed by atoms with E-state index in [1.54, 1.807) is 25.1 Å². The van der Waals surface area contributed by atoms with E-state index >= 15 is 0 Å². The molecule has 1 aromatic heterocycles. The number of carboxylic acid groups (broad SMARTS) is 1. The van der Waals surface area contributed by atoms with Crippen molar-refractivity contribution in [1.82, 2.24) is 15.0 Å². The average molecular weight is 268 g/mol. The molecule has 0 radical (unpaired) electrons. The van der Waals surface area contributed by atoms with Gasteiger partial charge in [-0.2, -0.15) is 9.90 Å². The molecule has 18 heavy (non-hydrogen) atoms. The van der Waals surface area contributed by atoms with Crippen LogP contribution >= 0.6 is 11.6 Å². The van der Waals surface area contributed by atoms with E-state index in [1.807, 2.05) is 0 Å². The Balaban J connectivity index is 2.46. The fraction of sp³-hybridized carbons (Fsp3) is 0.182. The molecule has 1 heterocycles. The predicted octanol–water partition coefficient (Wildman–Crippen LogP) is 1.94. The number of hydrogen-bond donors (Lipinski definition) is 1. The molecule has 6 nitrogen and oxygen atoms in total. The smallest absolute Gasteiger partial charge is 0.358 e. The molecular formula is C11H10ClN3O3. The van der Waals surface area contributed by atoms with Gasteiger partial charge in [0.25, 0.3) is 0 Å². The maximum absolute atomic E-state index is 10.9. The Labute approximate surface area is 108 Å². The molecule has 2 aromatic rings. The van der Waals surface area contributed by atoms with Crippen molar-refractivity contribution in [1.29, 1.82) is 0 Å². The zero-order valence-corrected chi connectivity index (χ0v) is 10.5. The molecule has 94 valence electrons. The Bertz CT molecular complexity index is 610. The van der Waals surface area contributed by atoms with Gasteiger partial charge in [-0.15, -0.1) is 5.10 Å². The number of ether oxygens (including phenoxy) is 1. The number of aryl methyl sites for hydroxylation is 1. The van der Waals surface area contributed by atoms with E-state index in [9.17, 15) is 4.79 Å². The van der Waals surface area contributed by atoms with Crippen molar-refractivity contribution < 1.29 is 14.6 Å². The van der Waals surface area contributed by atoms with Crippen LogP contribution in [0.3, 0.4) is 0 Å². The number of aromatic carboxylic acids is 1. The monoisotopic (exact) mass is 267 g/mol. The number of benzene rings is 1. The van der Waals surface area contributed by atoms with Gasteiger partial charge in [-0.1, -0.05) is 11.6 Å². The molecule has 0 fully saturated rings. The lowest BCUT2D eigenvalue weighted by molar-refractivity contribution is 0.0689. The van der Waals surface area contributed by atoms with E-state index in [1.165, 1.54) is 11.9 Å². The topological polar surface area (TPSA) is 77.2 Å². The second-order valence-corrected chi connectivity index (χ2v) is 3.95. The average Bonchev–Trinajstić information content (AvgIpc) is 2.71. The number of carboxylic acids is 1. The van der Waals surface area contributed by atoms with Crippen LogP contribution in [0.5, 0.6) is 5.75 Å². The third kappa shape index (κ3) is 2.14. The molecule has 0 atom stereocenters. The van der Waals surface area contributed by atoms with Crippen LogP contribution in [-0.4, -0.2) is 33.2 Å². The molecule has 1 N–H and O–H groups in total. The van der Waals surface area contributed by atoms with Crippen LogP contribution in [0.25, 0.3) is 5.69 Å². The number of hydrogen-bond acceptors (Lipinski definition) is 4. The number of carbonyl (C=O) groups is 1. The van der Waals surface area contributed by atoms with Gasteiger partial charge in [0.2, 0.25) is 0 Å². The van der Waals surface area contributed by atoms with Gasteiger partial charge in [0.15, 0.2) is 5.69 Å². The fourth-order valence-electron chi connectivity index (χ4n) is 1.47. The Morgan fingerprint density at radius 3 is 2.67 bits per heavy atom. The van der Waals surface area contributed by atoms with Crippen LogP contribution in [0, 0.1) is 6.92 Å². The third-order valence-electron chi connectivity index (χ3n) is 2.35. The summed E-state index contributed by atoms with van der Waals surface area (Å²) in [6, 6.07) is 4.96. The van der Waals surface area contributed by atoms with Crippen molar-refractivity contribution in [2.75, 3.05) is 7.11 Å². The summed E-state index contributed by atoms with van der Waals surface area (Å²) >= 11 is 5.98. The van der Waals surface area contributed by atoms with Gasteiger partial charge in [0, 0.05) is 0 Å². The van der Waals surface area contributed by atoms with Crippen molar-refractivity contribution in [2.24, 2.45) is 0 Å². The highest BCUT2D eigenvalue weighted by Crippen LogP contribution is 2.26. The largest absolute Gasteiger partial charge is 0.495 e. The molecule has 0 bridgehead atoms. The van der Waals surface area contributed by atoms with Crippen LogP contribution in [0.1, 0.15) is 16.2 Å². The van der Waals surface area contributed by atoms with Crippen LogP contribution in [0.4, 0.5) is 0 Å². The predicted molar refractivity (Wildman–Crippen MR) is 64.6 cm³/mol. The first kappa shape index (κ1) is 12.4. The quantitative estimate of drug-likeness (QED) is 0.919. The zero-order chi connectivity index (χ0) is 13.3. The van der Waals surface area contributed by atoms with E-state index < -0.39 is 5.97 Å². The van der Waals surface area contributed by atoms with E-state index in [2.05, 4.69) is 10.2 Å². The van der Waals surface area contributed by atoms with Crippen LogP contribution in [0.2, 0.25) is 5.02 Å². The molecule has 1 aromatic carbocycles. The molecule has 0 aliphatic carbocycles. The first-order valence-corrected chi connectivity index (χ1v) is 5.42. The summed E-state index contributed by atoms with van der Waals surface area (Å²) in [4.78, 5) is 12.1. The molecule has 0 saturated heterocycles. The number of nitrogens with zero attached hydrogens (tertiary/aromatic N) is 3. The highest BCUT2D eigenvalue weighted by Gasteiger charge is 2.15. The molecule has 0 spiro atoms. The van der Waals surface area contributed by atoms with Crippen LogP contribution in [0.15, 0.2) is 18.2 Å². The minimum Gasteiger partial charge on any atom is -0.495 e. The molecule has 0 aliphatic heterocycles. The Morgan fingerprint density at radius 2 is 2.17 bits per heavy atom. The first-order chi connectivity index (χ1) is 8.52. The molecule has 0 saturated carbocycles. The third-order valence-corrected chi connectivity index (χ3v) is 2.65. The number of halogens is 1. The van der Waals surface area contributed by atoms with Gasteiger partial charge in [0.05, 0.1) is 23.5 Å². The van der Waals surface area contributed by atoms with Crippen molar-refractivity contribution in [3.8, 4) is 11.4 Å². The van der Waals surface area contributed by atoms with Gasteiger partial charge in [0.1, 0.15) is 5.75 Å². The second kappa shape index (κ2) is 4.66. The lowest BCUT2D eigenvalue weighted by Crippen LogP contribution is -2.02. The maximum atomic E-state index is 10.9. The van der Waals surface area contributed by atoms with Crippen molar-refractivity contribution in [3.05, 3.63) is 34.6 Å². The summed E-state index contributed by atoms with van der Waals surface area (Å²) < 4.78 is 5.03. The van der Waals surface area contributed by atoms with Gasteiger partial charge in [-0.25, -0.2) is 4.79 Å². The first-order valence-electron chi connectivity index (χ1n) is 5.04. The Morgan fingerprint density at radius 1 is 1.44 bits per heavy atom. The number of rotatable bonds is 3. The second-order valence-electron chi connectivity index (χ2n) is 3.55. The normalized spacial score (nSPS) is 10.4. The minimum absolute atomic E-state index is 0.0815. The summed E-state index contributed by atoms with van der Waals surface area (Å²) in [5.41, 5.74) is 0.827. The van der Waals surface area contributed by atoms with Gasteiger partial charge in [-0.3, -0.25) is 0 Å². The summed E-state index contributed by atoms with van der Waals surface area (Å²) in [7, 11) is 1.51. The van der Waals surface area contributed by atoms with Crippen molar-refractivity contribution in [2.45, 2.75) is 6.92 Å². The van der Waals surface area contributed by atoms with Crippen LogP contribution < -0.4 is 4.74 Å². The SMILES string of the molecule is COc1ccc(-n2nc(C)c(C(=O)O)n2)cc1Cl. The van der Waals surface area contributed by atoms with Gasteiger partial charge in [-0.05, 0) is 25.1 Å². The van der Waals surface area contributed by atoms with E-state index in [-0.39, 0.29) is 5.69 Å². The van der Waals surface area contributed by atoms with Crippen molar-refractivity contribution >= 4 is 17.6 Å². The lowest BCUT2D eigenvalue weighted by atomic mass is 10.3. The number of aromatic nitrogens is 3. The van der Waals surface area contributed by atoms with E-state index in [0.717, 1.165) is 0 Å². The summed E-state index contributed by atoms with van der Waals surface area (Å²) in [5, 5.41) is 17.2. The Hall–Kier alpha value is -2.08. The van der Waals surface area contributed by atoms with Crippen molar-refractivity contribution in [3.63, 3.8) is 0 Å². The highest BCUT2D eigenvalue weighted by molar-refractivity contribution is 6.32. The summed E-state index contributed by atoms with van der Waals surface area (Å²) in [6.45, 7) is 1.58. The van der Waals surface area contributed by atoms with E-state index in [0.29, 0.717) is 22.2 Å². The minimum atomic E-state index is -1.11. The number of methoxy groups -OCH3 is 1. The molecule has 0 amide bonds. The van der Waals surface area contributed by atoms with Crippen LogP contribution in [-0.2, 0) is 0 Å². The molecule has 0 aliphatic rings. The van der Waals surface area contributed by atoms with Gasteiger partial charge < -0.3 is 9.84 Å².